The van der Waals surface area contributed by atoms with Gasteiger partial charge in [-0.05, 0) is 32.4 Å². The van der Waals surface area contributed by atoms with Gasteiger partial charge in [-0.1, -0.05) is 15.9 Å². The van der Waals surface area contributed by atoms with Crippen molar-refractivity contribution in [2.24, 2.45) is 5.73 Å². The molecule has 0 saturated carbocycles. The first-order chi connectivity index (χ1) is 7.84. The molecule has 94 valence electrons. The van der Waals surface area contributed by atoms with E-state index < -0.39 is 5.54 Å². The predicted molar refractivity (Wildman–Crippen MR) is 71.7 cm³/mol. The van der Waals surface area contributed by atoms with Crippen LogP contribution in [0.4, 0.5) is 0 Å². The first kappa shape index (κ1) is 12.7. The molecule has 1 aliphatic rings. The van der Waals surface area contributed by atoms with E-state index >= 15 is 0 Å². The Hall–Kier alpha value is -0.740. The molecule has 0 amide bonds. The molecular weight excluding hydrogens is 282 g/mol. The van der Waals surface area contributed by atoms with E-state index in [1.165, 1.54) is 0 Å². The largest absolute Gasteiger partial charge is 0.493 e. The van der Waals surface area contributed by atoms with Crippen LogP contribution in [0.3, 0.4) is 0 Å². The summed E-state index contributed by atoms with van der Waals surface area (Å²) in [6.45, 7) is 6.02. The van der Waals surface area contributed by atoms with Crippen LogP contribution in [0.5, 0.6) is 11.5 Å². The van der Waals surface area contributed by atoms with E-state index in [-0.39, 0.29) is 6.10 Å². The van der Waals surface area contributed by atoms with Crippen LogP contribution in [0.25, 0.3) is 0 Å². The molecule has 1 heterocycles. The van der Waals surface area contributed by atoms with Crippen molar-refractivity contribution in [3.05, 3.63) is 21.7 Å². The number of rotatable bonds is 2. The van der Waals surface area contributed by atoms with Crippen molar-refractivity contribution in [2.45, 2.75) is 38.8 Å². The lowest BCUT2D eigenvalue weighted by Gasteiger charge is -2.23. The summed E-state index contributed by atoms with van der Waals surface area (Å²) in [6, 6.07) is 1.96. The summed E-state index contributed by atoms with van der Waals surface area (Å²) in [4.78, 5) is 0. The van der Waals surface area contributed by atoms with E-state index in [0.717, 1.165) is 33.5 Å². The summed E-state index contributed by atoms with van der Waals surface area (Å²) in [6.07, 6.45) is 1.07. The molecule has 4 heteroatoms. The van der Waals surface area contributed by atoms with Crippen LogP contribution in [-0.2, 0) is 12.0 Å². The topological polar surface area (TPSA) is 44.5 Å². The summed E-state index contributed by atoms with van der Waals surface area (Å²) in [5, 5.41) is 0. The summed E-state index contributed by atoms with van der Waals surface area (Å²) in [5.41, 5.74) is 7.98. The fourth-order valence-electron chi connectivity index (χ4n) is 2.13. The van der Waals surface area contributed by atoms with Gasteiger partial charge in [-0.15, -0.1) is 0 Å². The number of halogens is 1. The van der Waals surface area contributed by atoms with E-state index in [2.05, 4.69) is 22.9 Å². The minimum atomic E-state index is -0.410. The average molecular weight is 300 g/mol. The number of fused-ring (bicyclic) bond motifs is 1. The lowest BCUT2D eigenvalue weighted by atomic mass is 9.92. The van der Waals surface area contributed by atoms with Crippen molar-refractivity contribution in [3.8, 4) is 11.5 Å². The van der Waals surface area contributed by atoms with Crippen LogP contribution in [0.15, 0.2) is 10.5 Å². The van der Waals surface area contributed by atoms with Gasteiger partial charge in [-0.3, -0.25) is 0 Å². The number of hydrogen-bond acceptors (Lipinski definition) is 3. The van der Waals surface area contributed by atoms with E-state index in [9.17, 15) is 0 Å². The number of benzene rings is 1. The summed E-state index contributed by atoms with van der Waals surface area (Å²) in [5.74, 6) is 1.61. The van der Waals surface area contributed by atoms with Crippen molar-refractivity contribution in [2.75, 3.05) is 7.11 Å². The Labute approximate surface area is 110 Å². The maximum Gasteiger partial charge on any atom is 0.166 e. The molecule has 0 spiro atoms. The van der Waals surface area contributed by atoms with Crippen molar-refractivity contribution >= 4 is 15.9 Å². The Balaban J connectivity index is 2.64. The highest BCUT2D eigenvalue weighted by molar-refractivity contribution is 9.10. The van der Waals surface area contributed by atoms with Crippen LogP contribution >= 0.6 is 15.9 Å². The Morgan fingerprint density at radius 1 is 1.53 bits per heavy atom. The van der Waals surface area contributed by atoms with Crippen molar-refractivity contribution in [3.63, 3.8) is 0 Å². The fourth-order valence-corrected chi connectivity index (χ4v) is 3.10. The van der Waals surface area contributed by atoms with Gasteiger partial charge in [-0.2, -0.15) is 0 Å². The van der Waals surface area contributed by atoms with Crippen LogP contribution in [0, 0.1) is 0 Å². The second kappa shape index (κ2) is 4.18. The zero-order chi connectivity index (χ0) is 12.8. The molecule has 17 heavy (non-hydrogen) atoms. The number of ether oxygens (including phenoxy) is 2. The molecule has 1 unspecified atom stereocenters. The molecular formula is C13H18BrNO2. The second-order valence-electron chi connectivity index (χ2n) is 5.10. The Morgan fingerprint density at radius 3 is 2.71 bits per heavy atom. The van der Waals surface area contributed by atoms with Crippen LogP contribution in [-0.4, -0.2) is 13.2 Å². The quantitative estimate of drug-likeness (QED) is 0.913. The van der Waals surface area contributed by atoms with Gasteiger partial charge in [0.1, 0.15) is 6.10 Å². The lowest BCUT2D eigenvalue weighted by Crippen LogP contribution is -2.29. The molecule has 0 fully saturated rings. The van der Waals surface area contributed by atoms with Crippen molar-refractivity contribution in [1.82, 2.24) is 0 Å². The smallest absolute Gasteiger partial charge is 0.166 e. The van der Waals surface area contributed by atoms with Crippen LogP contribution in [0.2, 0.25) is 0 Å². The highest BCUT2D eigenvalue weighted by Crippen LogP contribution is 2.45. The van der Waals surface area contributed by atoms with Gasteiger partial charge in [0.2, 0.25) is 0 Å². The molecule has 0 saturated heterocycles. The minimum absolute atomic E-state index is 0.186. The zero-order valence-electron chi connectivity index (χ0n) is 10.6. The first-order valence-electron chi connectivity index (χ1n) is 5.70. The van der Waals surface area contributed by atoms with Gasteiger partial charge >= 0.3 is 0 Å². The molecule has 2 rings (SSSR count). The molecule has 1 aromatic carbocycles. The lowest BCUT2D eigenvalue weighted by molar-refractivity contribution is 0.243. The van der Waals surface area contributed by atoms with Crippen LogP contribution in [0.1, 0.15) is 31.9 Å². The van der Waals surface area contributed by atoms with E-state index in [0.29, 0.717) is 0 Å². The van der Waals surface area contributed by atoms with Gasteiger partial charge in [0.05, 0.1) is 7.11 Å². The van der Waals surface area contributed by atoms with Gasteiger partial charge in [0.15, 0.2) is 11.5 Å². The maximum absolute atomic E-state index is 6.18. The highest BCUT2D eigenvalue weighted by atomic mass is 79.9. The third-order valence-electron chi connectivity index (χ3n) is 3.00. The first-order valence-corrected chi connectivity index (χ1v) is 6.49. The monoisotopic (exact) mass is 299 g/mol. The fraction of sp³-hybridized carbons (Fsp3) is 0.538. The summed E-state index contributed by atoms with van der Waals surface area (Å²) >= 11 is 3.64. The molecule has 1 aromatic rings. The van der Waals surface area contributed by atoms with Gasteiger partial charge in [0, 0.05) is 22.0 Å². The molecule has 2 N–H and O–H groups in total. The molecule has 0 bridgehead atoms. The number of methoxy groups -OCH3 is 1. The van der Waals surface area contributed by atoms with E-state index in [1.807, 2.05) is 19.9 Å². The molecule has 1 atom stereocenters. The summed E-state index contributed by atoms with van der Waals surface area (Å²) < 4.78 is 12.2. The SMILES string of the molecule is COc1cc(C(C)(C)N)c(Br)c2c1OC(C)C2. The molecule has 1 aliphatic heterocycles. The normalized spacial score (nSPS) is 18.8. The maximum atomic E-state index is 6.18. The Kier molecular flexibility index (Phi) is 3.12. The Morgan fingerprint density at radius 2 is 2.18 bits per heavy atom. The number of nitrogens with two attached hydrogens (primary N) is 1. The molecule has 0 aromatic heterocycles. The van der Waals surface area contributed by atoms with Crippen LogP contribution < -0.4 is 15.2 Å². The van der Waals surface area contributed by atoms with E-state index in [1.54, 1.807) is 7.11 Å². The third-order valence-corrected chi connectivity index (χ3v) is 3.91. The summed E-state index contributed by atoms with van der Waals surface area (Å²) in [7, 11) is 1.66. The van der Waals surface area contributed by atoms with Crippen molar-refractivity contribution < 1.29 is 9.47 Å². The Bertz CT molecular complexity index is 452. The standard InChI is InChI=1S/C13H18BrNO2/c1-7-5-8-11(14)9(13(2,3)15)6-10(16-4)12(8)17-7/h6-7H,5,15H2,1-4H3. The second-order valence-corrected chi connectivity index (χ2v) is 5.90. The predicted octanol–water partition coefficient (Wildman–Crippen LogP) is 2.97. The highest BCUT2D eigenvalue weighted by Gasteiger charge is 2.30. The van der Waals surface area contributed by atoms with E-state index in [4.69, 9.17) is 15.2 Å². The van der Waals surface area contributed by atoms with Gasteiger partial charge < -0.3 is 15.2 Å². The zero-order valence-corrected chi connectivity index (χ0v) is 12.2. The molecule has 0 aliphatic carbocycles. The number of hydrogen-bond donors (Lipinski definition) is 1. The van der Waals surface area contributed by atoms with Crippen molar-refractivity contribution in [1.29, 1.82) is 0 Å². The third kappa shape index (κ3) is 2.16. The van der Waals surface area contributed by atoms with Gasteiger partial charge in [-0.25, -0.2) is 0 Å². The average Bonchev–Trinajstić information content (AvgIpc) is 2.59. The molecule has 3 nitrogen and oxygen atoms in total. The molecule has 0 radical (unpaired) electrons. The minimum Gasteiger partial charge on any atom is -0.493 e. The van der Waals surface area contributed by atoms with Gasteiger partial charge in [0.25, 0.3) is 0 Å².